The summed E-state index contributed by atoms with van der Waals surface area (Å²) in [5.74, 6) is 0. The molecular formula is C23H18Ge. The molecule has 0 amide bonds. The van der Waals surface area contributed by atoms with E-state index in [2.05, 4.69) is 108 Å². The summed E-state index contributed by atoms with van der Waals surface area (Å²) >= 11 is -1.72. The van der Waals surface area contributed by atoms with Crippen molar-refractivity contribution in [2.24, 2.45) is 0 Å². The van der Waals surface area contributed by atoms with Gasteiger partial charge in [-0.3, -0.25) is 0 Å². The van der Waals surface area contributed by atoms with E-state index in [1.807, 2.05) is 0 Å². The van der Waals surface area contributed by atoms with Crippen molar-refractivity contribution in [3.63, 3.8) is 0 Å². The molecule has 0 saturated carbocycles. The molecule has 0 unspecified atom stereocenters. The van der Waals surface area contributed by atoms with Crippen LogP contribution in [0.1, 0.15) is 11.1 Å². The van der Waals surface area contributed by atoms with Gasteiger partial charge in [0.1, 0.15) is 0 Å². The normalized spacial score (nSPS) is 13.8. The zero-order valence-electron chi connectivity index (χ0n) is 13.4. The van der Waals surface area contributed by atoms with Gasteiger partial charge in [0, 0.05) is 0 Å². The summed E-state index contributed by atoms with van der Waals surface area (Å²) in [6.07, 6.45) is 4.54. The van der Waals surface area contributed by atoms with E-state index in [4.69, 9.17) is 0 Å². The first-order valence-electron chi connectivity index (χ1n) is 8.23. The third kappa shape index (κ3) is 2.98. The fraction of sp³-hybridized carbons (Fsp3) is 0. The van der Waals surface area contributed by atoms with Crippen LogP contribution >= 0.6 is 0 Å². The van der Waals surface area contributed by atoms with E-state index in [0.29, 0.717) is 0 Å². The van der Waals surface area contributed by atoms with Crippen LogP contribution in [0.5, 0.6) is 0 Å². The molecule has 1 aliphatic heterocycles. The van der Waals surface area contributed by atoms with Crippen molar-refractivity contribution in [3.8, 4) is 0 Å². The van der Waals surface area contributed by atoms with Crippen LogP contribution in [0.2, 0.25) is 0 Å². The molecule has 24 heavy (non-hydrogen) atoms. The van der Waals surface area contributed by atoms with Gasteiger partial charge in [0.05, 0.1) is 0 Å². The molecule has 0 aliphatic carbocycles. The van der Waals surface area contributed by atoms with Gasteiger partial charge in [-0.2, -0.15) is 0 Å². The Morgan fingerprint density at radius 2 is 1.08 bits per heavy atom. The Bertz CT molecular complexity index is 918. The van der Waals surface area contributed by atoms with E-state index in [0.717, 1.165) is 0 Å². The maximum atomic E-state index is 2.46. The van der Waals surface area contributed by atoms with Crippen molar-refractivity contribution in [1.82, 2.24) is 0 Å². The van der Waals surface area contributed by atoms with E-state index in [1.165, 1.54) is 25.4 Å². The molecule has 0 spiro atoms. The predicted molar refractivity (Wildman–Crippen MR) is 106 cm³/mol. The third-order valence-electron chi connectivity index (χ3n) is 4.30. The molecule has 0 radical (unpaired) electrons. The third-order valence-corrected chi connectivity index (χ3v) is 9.70. The van der Waals surface area contributed by atoms with Crippen LogP contribution in [0.4, 0.5) is 0 Å². The number of hydrogen-bond donors (Lipinski definition) is 0. The van der Waals surface area contributed by atoms with Crippen molar-refractivity contribution >= 4 is 28.2 Å². The summed E-state index contributed by atoms with van der Waals surface area (Å²) in [6.45, 7) is 0. The first kappa shape index (κ1) is 15.1. The van der Waals surface area contributed by atoms with Crippen molar-refractivity contribution in [1.29, 1.82) is 0 Å². The van der Waals surface area contributed by atoms with Gasteiger partial charge < -0.3 is 0 Å². The Balaban J connectivity index is 1.97. The SMILES string of the molecule is C1=[CH][Ge]([c]2ccccc2)=[C](c2ccccc2)C(c2ccccc2)=C1. The molecule has 3 aromatic carbocycles. The predicted octanol–water partition coefficient (Wildman–Crippen LogP) is 4.38. The second kappa shape index (κ2) is 6.98. The molecule has 0 atom stereocenters. The molecule has 1 heteroatoms. The molecule has 4 rings (SSSR count). The Morgan fingerprint density at radius 3 is 1.71 bits per heavy atom. The van der Waals surface area contributed by atoms with Crippen molar-refractivity contribution < 1.29 is 0 Å². The second-order valence-electron chi connectivity index (χ2n) is 5.83. The van der Waals surface area contributed by atoms with Gasteiger partial charge in [0.2, 0.25) is 0 Å². The molecule has 0 saturated heterocycles. The number of benzene rings is 3. The van der Waals surface area contributed by atoms with Gasteiger partial charge >= 0.3 is 147 Å². The molecule has 0 fully saturated rings. The van der Waals surface area contributed by atoms with Crippen LogP contribution in [0, 0.1) is 0 Å². The van der Waals surface area contributed by atoms with E-state index in [1.54, 1.807) is 0 Å². The van der Waals surface area contributed by atoms with E-state index < -0.39 is 13.9 Å². The van der Waals surface area contributed by atoms with Crippen molar-refractivity contribution in [2.45, 2.75) is 0 Å². The zero-order valence-corrected chi connectivity index (χ0v) is 15.5. The summed E-state index contributed by atoms with van der Waals surface area (Å²) < 4.78 is 3.03. The van der Waals surface area contributed by atoms with Gasteiger partial charge in [-0.05, 0) is 0 Å². The number of hydrogen-bond acceptors (Lipinski definition) is 0. The molecular weight excluding hydrogens is 349 g/mol. The summed E-state index contributed by atoms with van der Waals surface area (Å²) in [6, 6.07) is 32.6. The van der Waals surface area contributed by atoms with Crippen LogP contribution in [-0.4, -0.2) is 18.3 Å². The van der Waals surface area contributed by atoms with Gasteiger partial charge in [0.15, 0.2) is 0 Å². The van der Waals surface area contributed by atoms with Crippen LogP contribution in [0.25, 0.3) is 5.57 Å². The standard InChI is InChI=1S/C23H18Ge/c1-4-11-19(12-5-1)22-17-10-18-24(21-15-8-3-9-16-21)23(22)20-13-6-2-7-14-20/h1-18H. The number of allylic oxidation sites excluding steroid dienone is 3. The molecule has 1 heterocycles. The van der Waals surface area contributed by atoms with Crippen LogP contribution < -0.4 is 4.40 Å². The summed E-state index contributed by atoms with van der Waals surface area (Å²) in [4.78, 5) is 2.46. The molecule has 1 aliphatic rings. The Hall–Kier alpha value is -2.45. The topological polar surface area (TPSA) is 0 Å². The first-order valence-corrected chi connectivity index (χ1v) is 11.5. The van der Waals surface area contributed by atoms with Crippen molar-refractivity contribution in [2.75, 3.05) is 0 Å². The van der Waals surface area contributed by atoms with Gasteiger partial charge in [0.25, 0.3) is 0 Å². The monoisotopic (exact) mass is 368 g/mol. The Kier molecular flexibility index (Phi) is 4.39. The summed E-state index contributed by atoms with van der Waals surface area (Å²) in [5.41, 5.74) is 4.04. The zero-order chi connectivity index (χ0) is 16.2. The molecule has 0 bridgehead atoms. The van der Waals surface area contributed by atoms with Crippen LogP contribution in [0.3, 0.4) is 0 Å². The van der Waals surface area contributed by atoms with Gasteiger partial charge in [-0.1, -0.05) is 0 Å². The number of rotatable bonds is 3. The molecule has 114 valence electrons. The summed E-state index contributed by atoms with van der Waals surface area (Å²) in [7, 11) is 0. The minimum atomic E-state index is -1.72. The average Bonchev–Trinajstić information content (AvgIpc) is 2.69. The maximum absolute atomic E-state index is 2.46. The van der Waals surface area contributed by atoms with Crippen molar-refractivity contribution in [3.05, 3.63) is 119 Å². The Morgan fingerprint density at radius 1 is 0.542 bits per heavy atom. The van der Waals surface area contributed by atoms with E-state index in [-0.39, 0.29) is 0 Å². The first-order chi connectivity index (χ1) is 11.9. The van der Waals surface area contributed by atoms with E-state index in [9.17, 15) is 0 Å². The fourth-order valence-corrected chi connectivity index (χ4v) is 8.40. The summed E-state index contributed by atoms with van der Waals surface area (Å²) in [5, 5.41) is 0. The molecule has 0 nitrogen and oxygen atoms in total. The average molecular weight is 367 g/mol. The molecule has 0 aromatic heterocycles. The Labute approximate surface area is 147 Å². The molecule has 3 aromatic rings. The van der Waals surface area contributed by atoms with Gasteiger partial charge in [-0.15, -0.1) is 0 Å². The van der Waals surface area contributed by atoms with E-state index >= 15 is 0 Å². The van der Waals surface area contributed by atoms with Crippen LogP contribution in [-0.2, 0) is 0 Å². The van der Waals surface area contributed by atoms with Crippen LogP contribution in [0.15, 0.2) is 108 Å². The second-order valence-corrected chi connectivity index (χ2v) is 10.5. The molecule has 0 N–H and O–H groups in total. The minimum absolute atomic E-state index is 1.31. The quantitative estimate of drug-likeness (QED) is 0.603. The van der Waals surface area contributed by atoms with Gasteiger partial charge in [-0.25, -0.2) is 0 Å². The fourth-order valence-electron chi connectivity index (χ4n) is 3.18.